The molecule has 0 N–H and O–H groups in total. The highest BCUT2D eigenvalue weighted by Crippen LogP contribution is 2.33. The summed E-state index contributed by atoms with van der Waals surface area (Å²) in [4.78, 5) is 11.4. The maximum Gasteiger partial charge on any atom is 0.271 e. The third kappa shape index (κ3) is 7.35. The van der Waals surface area contributed by atoms with E-state index in [1.165, 1.54) is 0 Å². The highest BCUT2D eigenvalue weighted by atomic mass is 32.2. The summed E-state index contributed by atoms with van der Waals surface area (Å²) in [6.45, 7) is 2.41. The second kappa shape index (κ2) is 13.2. The minimum Gasteiger partial charge on any atom is -0.493 e. The molecule has 0 bridgehead atoms. The number of para-hydroxylation sites is 1. The quantitative estimate of drug-likeness (QED) is 0.164. The summed E-state index contributed by atoms with van der Waals surface area (Å²) >= 11 is 0. The third-order valence-corrected chi connectivity index (χ3v) is 8.55. The highest BCUT2D eigenvalue weighted by molar-refractivity contribution is 7.85. The molecule has 11 heteroatoms. The van der Waals surface area contributed by atoms with Crippen molar-refractivity contribution in [1.82, 2.24) is 9.97 Å². The molecule has 4 heterocycles. The van der Waals surface area contributed by atoms with E-state index < -0.39 is 10.1 Å². The van der Waals surface area contributed by atoms with E-state index in [1.54, 1.807) is 18.2 Å². The molecule has 2 aliphatic rings. The van der Waals surface area contributed by atoms with E-state index >= 15 is 0 Å². The minimum absolute atomic E-state index is 0.0178. The molecular formula is C32H35N3O7S. The van der Waals surface area contributed by atoms with Crippen LogP contribution in [0.25, 0.3) is 22.2 Å². The summed E-state index contributed by atoms with van der Waals surface area (Å²) in [6.07, 6.45) is 4.69. The Morgan fingerprint density at radius 3 is 2.81 bits per heavy atom. The number of benzene rings is 2. The average Bonchev–Trinajstić information content (AvgIpc) is 3.02. The number of pyridine rings is 2. The van der Waals surface area contributed by atoms with Gasteiger partial charge < -0.3 is 23.8 Å². The van der Waals surface area contributed by atoms with E-state index in [1.807, 2.05) is 55.7 Å². The van der Waals surface area contributed by atoms with Crippen LogP contribution in [0.3, 0.4) is 0 Å². The lowest BCUT2D eigenvalue weighted by molar-refractivity contribution is -0.106. The first kappa shape index (κ1) is 29.2. The topological polar surface area (TPSA) is 109 Å². The Morgan fingerprint density at radius 1 is 1.02 bits per heavy atom. The van der Waals surface area contributed by atoms with Gasteiger partial charge in [-0.05, 0) is 49.2 Å². The largest absolute Gasteiger partial charge is 0.493 e. The van der Waals surface area contributed by atoms with Gasteiger partial charge in [-0.2, -0.15) is 8.42 Å². The van der Waals surface area contributed by atoms with Gasteiger partial charge in [-0.1, -0.05) is 24.3 Å². The molecule has 6 rings (SSSR count). The second-order valence-corrected chi connectivity index (χ2v) is 12.3. The van der Waals surface area contributed by atoms with Gasteiger partial charge in [0.15, 0.2) is 17.9 Å². The van der Waals surface area contributed by atoms with Gasteiger partial charge in [0.2, 0.25) is 0 Å². The fourth-order valence-corrected chi connectivity index (χ4v) is 6.15. The van der Waals surface area contributed by atoms with E-state index in [4.69, 9.17) is 28.1 Å². The Morgan fingerprint density at radius 2 is 1.93 bits per heavy atom. The van der Waals surface area contributed by atoms with Crippen molar-refractivity contribution < 1.29 is 31.5 Å². The van der Waals surface area contributed by atoms with Gasteiger partial charge in [0.25, 0.3) is 10.1 Å². The molecule has 1 atom stereocenters. The molecule has 1 unspecified atom stereocenters. The van der Waals surface area contributed by atoms with Gasteiger partial charge in [0.05, 0.1) is 37.6 Å². The highest BCUT2D eigenvalue weighted by Gasteiger charge is 2.21. The van der Waals surface area contributed by atoms with Crippen LogP contribution < -0.4 is 19.1 Å². The van der Waals surface area contributed by atoms with Gasteiger partial charge in [0.1, 0.15) is 23.9 Å². The molecule has 2 aliphatic heterocycles. The molecule has 0 spiro atoms. The summed E-state index contributed by atoms with van der Waals surface area (Å²) in [7, 11) is -1.80. The maximum absolute atomic E-state index is 12.7. The molecule has 0 aliphatic carbocycles. The fourth-order valence-electron chi connectivity index (χ4n) is 5.07. The number of aromatic nitrogens is 2. The van der Waals surface area contributed by atoms with Gasteiger partial charge in [-0.15, -0.1) is 0 Å². The smallest absolute Gasteiger partial charge is 0.271 e. The van der Waals surface area contributed by atoms with E-state index in [0.717, 1.165) is 59.5 Å². The van der Waals surface area contributed by atoms with Crippen molar-refractivity contribution in [1.29, 1.82) is 0 Å². The molecule has 43 heavy (non-hydrogen) atoms. The van der Waals surface area contributed by atoms with Crippen molar-refractivity contribution >= 4 is 26.8 Å². The zero-order valence-electron chi connectivity index (χ0n) is 24.1. The van der Waals surface area contributed by atoms with E-state index in [9.17, 15) is 8.42 Å². The SMILES string of the molecule is CN1CCOc2cc(-c3ccc4cc(OCCCOS(=O)(=O)Cc5ccccc5OC5CCCCO5)ccc4n3)cnc21. The Hall–Kier alpha value is -3.93. The van der Waals surface area contributed by atoms with Crippen LogP contribution in [-0.4, -0.2) is 64.7 Å². The minimum atomic E-state index is -3.81. The number of likely N-dealkylation sites (N-methyl/N-ethyl adjacent to an activating group) is 1. The lowest BCUT2D eigenvalue weighted by Crippen LogP contribution is -2.29. The molecule has 0 radical (unpaired) electrons. The normalized spacial score (nSPS) is 16.9. The number of ether oxygens (including phenoxy) is 4. The van der Waals surface area contributed by atoms with Gasteiger partial charge in [-0.25, -0.2) is 9.97 Å². The predicted molar refractivity (Wildman–Crippen MR) is 163 cm³/mol. The van der Waals surface area contributed by atoms with Crippen molar-refractivity contribution in [2.45, 2.75) is 37.7 Å². The van der Waals surface area contributed by atoms with Crippen molar-refractivity contribution in [2.24, 2.45) is 0 Å². The number of hydrogen-bond acceptors (Lipinski definition) is 10. The van der Waals surface area contributed by atoms with Crippen molar-refractivity contribution in [3.8, 4) is 28.5 Å². The first-order valence-electron chi connectivity index (χ1n) is 14.5. The Balaban J connectivity index is 0.997. The van der Waals surface area contributed by atoms with E-state index in [2.05, 4.69) is 9.88 Å². The first-order chi connectivity index (χ1) is 20.9. The predicted octanol–water partition coefficient (Wildman–Crippen LogP) is 5.35. The van der Waals surface area contributed by atoms with Crippen LogP contribution in [0.5, 0.6) is 17.2 Å². The molecule has 1 fully saturated rings. The molecule has 0 saturated carbocycles. The number of hydrogen-bond donors (Lipinski definition) is 0. The lowest BCUT2D eigenvalue weighted by Gasteiger charge is -2.26. The van der Waals surface area contributed by atoms with Crippen LogP contribution in [-0.2, 0) is 24.8 Å². The summed E-state index contributed by atoms with van der Waals surface area (Å²) in [5.41, 5.74) is 3.07. The first-order valence-corrected chi connectivity index (χ1v) is 16.1. The van der Waals surface area contributed by atoms with Crippen LogP contribution in [0.15, 0.2) is 66.9 Å². The molecule has 0 amide bonds. The van der Waals surface area contributed by atoms with Crippen molar-refractivity contribution in [3.63, 3.8) is 0 Å². The number of nitrogens with zero attached hydrogens (tertiary/aromatic N) is 3. The number of anilines is 1. The molecule has 4 aromatic rings. The van der Waals surface area contributed by atoms with E-state index in [0.29, 0.717) is 43.3 Å². The van der Waals surface area contributed by atoms with Crippen LogP contribution in [0.1, 0.15) is 31.2 Å². The molecular weight excluding hydrogens is 570 g/mol. The van der Waals surface area contributed by atoms with E-state index in [-0.39, 0.29) is 18.6 Å². The maximum atomic E-state index is 12.7. The summed E-state index contributed by atoms with van der Waals surface area (Å²) in [5.74, 6) is 2.50. The zero-order valence-corrected chi connectivity index (χ0v) is 24.9. The van der Waals surface area contributed by atoms with Crippen molar-refractivity contribution in [3.05, 3.63) is 72.4 Å². The third-order valence-electron chi connectivity index (χ3n) is 7.36. The second-order valence-electron chi connectivity index (χ2n) is 10.6. The van der Waals surface area contributed by atoms with Gasteiger partial charge >= 0.3 is 0 Å². The average molecular weight is 606 g/mol. The molecule has 2 aromatic heterocycles. The summed E-state index contributed by atoms with van der Waals surface area (Å²) < 4.78 is 53.8. The molecule has 2 aromatic carbocycles. The molecule has 226 valence electrons. The van der Waals surface area contributed by atoms with Crippen LogP contribution in [0.2, 0.25) is 0 Å². The summed E-state index contributed by atoms with van der Waals surface area (Å²) in [5, 5.41) is 0.932. The lowest BCUT2D eigenvalue weighted by atomic mass is 10.1. The molecule has 10 nitrogen and oxygen atoms in total. The number of fused-ring (bicyclic) bond motifs is 2. The van der Waals surface area contributed by atoms with Crippen molar-refractivity contribution in [2.75, 3.05) is 44.9 Å². The Labute approximate surface area is 251 Å². The molecule has 1 saturated heterocycles. The number of rotatable bonds is 11. The Kier molecular flexibility index (Phi) is 8.92. The van der Waals surface area contributed by atoms with Crippen LogP contribution in [0, 0.1) is 0 Å². The fraction of sp³-hybridized carbons (Fsp3) is 0.375. The Bertz CT molecular complexity index is 1680. The van der Waals surface area contributed by atoms with Gasteiger partial charge in [-0.3, -0.25) is 4.18 Å². The van der Waals surface area contributed by atoms with Gasteiger partial charge in [0, 0.05) is 42.6 Å². The van der Waals surface area contributed by atoms with Crippen LogP contribution >= 0.6 is 0 Å². The zero-order chi connectivity index (χ0) is 29.6. The standard InChI is InChI=1S/C32H35N3O7S/c1-35-14-18-39-30-20-25(21-33-32(30)35)28-12-10-23-19-26(11-13-27(23)34-28)38-16-6-17-41-43(36,37)22-24-7-2-3-8-29(24)42-31-9-4-5-15-40-31/h2-3,7-8,10-13,19-21,31H,4-6,9,14-18,22H2,1H3. The monoisotopic (exact) mass is 605 g/mol. The summed E-state index contributed by atoms with van der Waals surface area (Å²) in [6, 6.07) is 18.7. The van der Waals surface area contributed by atoms with Crippen LogP contribution in [0.4, 0.5) is 5.82 Å².